The Balaban J connectivity index is 1.59. The van der Waals surface area contributed by atoms with Gasteiger partial charge in [0.15, 0.2) is 5.82 Å². The molecule has 0 aliphatic carbocycles. The van der Waals surface area contributed by atoms with Gasteiger partial charge in [0.2, 0.25) is 0 Å². The van der Waals surface area contributed by atoms with Crippen LogP contribution in [0.2, 0.25) is 0 Å². The highest BCUT2D eigenvalue weighted by molar-refractivity contribution is 5.96. The highest BCUT2D eigenvalue weighted by Gasteiger charge is 2.39. The monoisotopic (exact) mass is 367 g/mol. The maximum absolute atomic E-state index is 13.0. The molecule has 140 valence electrons. The number of piperidine rings is 1. The predicted octanol–water partition coefficient (Wildman–Crippen LogP) is 2.93. The fourth-order valence-corrected chi connectivity index (χ4v) is 3.62. The first-order valence-corrected chi connectivity index (χ1v) is 8.95. The second kappa shape index (κ2) is 6.61. The van der Waals surface area contributed by atoms with E-state index in [9.17, 15) is 4.79 Å². The Labute approximate surface area is 156 Å². The van der Waals surface area contributed by atoms with Gasteiger partial charge < -0.3 is 13.9 Å². The van der Waals surface area contributed by atoms with Gasteiger partial charge in [0, 0.05) is 36.5 Å². The third-order valence-electron chi connectivity index (χ3n) is 5.12. The minimum atomic E-state index is -0.373. The molecule has 8 nitrogen and oxygen atoms in total. The highest BCUT2D eigenvalue weighted by Crippen LogP contribution is 2.34. The number of aryl methyl sites for hydroxylation is 2. The molecule has 0 N–H and O–H groups in total. The van der Waals surface area contributed by atoms with Gasteiger partial charge in [-0.25, -0.2) is 0 Å². The first-order chi connectivity index (χ1) is 13.0. The third-order valence-corrected chi connectivity index (χ3v) is 5.12. The zero-order valence-corrected chi connectivity index (χ0v) is 15.6. The van der Waals surface area contributed by atoms with E-state index in [0.29, 0.717) is 41.8 Å². The topological polar surface area (TPSA) is 98.2 Å². The summed E-state index contributed by atoms with van der Waals surface area (Å²) in [4.78, 5) is 23.4. The maximum atomic E-state index is 13.0. The minimum Gasteiger partial charge on any atom is -0.361 e. The first kappa shape index (κ1) is 17.4. The van der Waals surface area contributed by atoms with E-state index in [1.807, 2.05) is 17.0 Å². The summed E-state index contributed by atoms with van der Waals surface area (Å²) < 4.78 is 10.6. The summed E-state index contributed by atoms with van der Waals surface area (Å²) in [6.45, 7) is 6.82. The molecule has 1 unspecified atom stereocenters. The van der Waals surface area contributed by atoms with E-state index in [-0.39, 0.29) is 11.3 Å². The van der Waals surface area contributed by atoms with Crippen LogP contribution in [0.15, 0.2) is 33.6 Å². The zero-order valence-electron chi connectivity index (χ0n) is 15.6. The summed E-state index contributed by atoms with van der Waals surface area (Å²) in [6, 6.07) is 3.65. The molecular formula is C19H21N5O3. The van der Waals surface area contributed by atoms with Gasteiger partial charge in [0.25, 0.3) is 11.8 Å². The number of hydrogen-bond acceptors (Lipinski definition) is 7. The molecule has 8 heteroatoms. The molecule has 0 bridgehead atoms. The molecule has 1 atom stereocenters. The normalized spacial score (nSPS) is 20.0. The van der Waals surface area contributed by atoms with E-state index in [4.69, 9.17) is 9.05 Å². The standard InChI is InChI=1S/C19H21N5O3/c1-12-15(13(2)26-22-12)17(25)24-10-4-7-19(3,11-24)18-21-16(27-23-18)14-5-8-20-9-6-14/h5-6,8-9H,4,7,10-11H2,1-3H3. The van der Waals surface area contributed by atoms with Crippen LogP contribution in [0.4, 0.5) is 0 Å². The zero-order chi connectivity index (χ0) is 19.0. The molecule has 4 heterocycles. The van der Waals surface area contributed by atoms with Crippen molar-refractivity contribution in [2.75, 3.05) is 13.1 Å². The van der Waals surface area contributed by atoms with Crippen LogP contribution < -0.4 is 0 Å². The Kier molecular flexibility index (Phi) is 4.25. The number of carbonyl (C=O) groups is 1. The SMILES string of the molecule is Cc1noc(C)c1C(=O)N1CCCC(C)(c2noc(-c3ccncc3)n2)C1. The number of likely N-dealkylation sites (tertiary alicyclic amines) is 1. The smallest absolute Gasteiger partial charge is 0.259 e. The van der Waals surface area contributed by atoms with Crippen LogP contribution in [0.3, 0.4) is 0 Å². The molecule has 3 aromatic heterocycles. The highest BCUT2D eigenvalue weighted by atomic mass is 16.5. The lowest BCUT2D eigenvalue weighted by atomic mass is 9.81. The summed E-state index contributed by atoms with van der Waals surface area (Å²) in [5.41, 5.74) is 1.61. The van der Waals surface area contributed by atoms with Crippen LogP contribution in [0.1, 0.15) is 47.4 Å². The van der Waals surface area contributed by atoms with Gasteiger partial charge in [-0.15, -0.1) is 0 Å². The largest absolute Gasteiger partial charge is 0.361 e. The molecule has 27 heavy (non-hydrogen) atoms. The van der Waals surface area contributed by atoms with Gasteiger partial charge in [-0.05, 0) is 38.8 Å². The summed E-state index contributed by atoms with van der Waals surface area (Å²) >= 11 is 0. The van der Waals surface area contributed by atoms with Crippen molar-refractivity contribution in [1.82, 2.24) is 25.2 Å². The van der Waals surface area contributed by atoms with Gasteiger partial charge in [-0.2, -0.15) is 4.98 Å². The Hall–Kier alpha value is -3.03. The molecule has 0 saturated carbocycles. The molecule has 3 aromatic rings. The van der Waals surface area contributed by atoms with E-state index in [0.717, 1.165) is 18.4 Å². The van der Waals surface area contributed by atoms with E-state index in [1.54, 1.807) is 26.2 Å². The van der Waals surface area contributed by atoms with Crippen molar-refractivity contribution in [1.29, 1.82) is 0 Å². The summed E-state index contributed by atoms with van der Waals surface area (Å²) in [6.07, 6.45) is 5.12. The first-order valence-electron chi connectivity index (χ1n) is 8.95. The lowest BCUT2D eigenvalue weighted by molar-refractivity contribution is 0.0639. The number of rotatable bonds is 3. The molecule has 1 aliphatic rings. The van der Waals surface area contributed by atoms with Crippen LogP contribution in [0.25, 0.3) is 11.5 Å². The average Bonchev–Trinajstić information content (AvgIpc) is 3.30. The Morgan fingerprint density at radius 1 is 1.19 bits per heavy atom. The third kappa shape index (κ3) is 3.11. The number of carbonyl (C=O) groups excluding carboxylic acids is 1. The molecule has 0 spiro atoms. The number of pyridine rings is 1. The number of hydrogen-bond donors (Lipinski definition) is 0. The van der Waals surface area contributed by atoms with Crippen molar-refractivity contribution in [2.45, 2.75) is 39.0 Å². The van der Waals surface area contributed by atoms with Gasteiger partial charge in [-0.1, -0.05) is 17.2 Å². The molecule has 1 amide bonds. The number of nitrogens with zero attached hydrogens (tertiary/aromatic N) is 5. The van der Waals surface area contributed by atoms with Gasteiger partial charge in [-0.3, -0.25) is 9.78 Å². The Morgan fingerprint density at radius 2 is 1.96 bits per heavy atom. The van der Waals surface area contributed by atoms with E-state index < -0.39 is 0 Å². The molecule has 1 fully saturated rings. The van der Waals surface area contributed by atoms with Gasteiger partial charge in [0.1, 0.15) is 11.3 Å². The van der Waals surface area contributed by atoms with Crippen molar-refractivity contribution >= 4 is 5.91 Å². The predicted molar refractivity (Wildman–Crippen MR) is 96.0 cm³/mol. The van der Waals surface area contributed by atoms with Crippen molar-refractivity contribution in [3.05, 3.63) is 47.4 Å². The lowest BCUT2D eigenvalue weighted by Crippen LogP contribution is -2.47. The molecule has 0 radical (unpaired) electrons. The van der Waals surface area contributed by atoms with Crippen LogP contribution in [0.5, 0.6) is 0 Å². The fourth-order valence-electron chi connectivity index (χ4n) is 3.62. The molecule has 0 aromatic carbocycles. The van der Waals surface area contributed by atoms with Crippen LogP contribution >= 0.6 is 0 Å². The number of aromatic nitrogens is 4. The van der Waals surface area contributed by atoms with Crippen molar-refractivity contribution in [3.8, 4) is 11.5 Å². The van der Waals surface area contributed by atoms with Gasteiger partial charge >= 0.3 is 0 Å². The lowest BCUT2D eigenvalue weighted by Gasteiger charge is -2.38. The molecule has 1 saturated heterocycles. The second-order valence-electron chi connectivity index (χ2n) is 7.25. The van der Waals surface area contributed by atoms with Gasteiger partial charge in [0.05, 0.1) is 5.69 Å². The van der Waals surface area contributed by atoms with E-state index >= 15 is 0 Å². The maximum Gasteiger partial charge on any atom is 0.259 e. The average molecular weight is 367 g/mol. The molecular weight excluding hydrogens is 346 g/mol. The summed E-state index contributed by atoms with van der Waals surface area (Å²) in [5.74, 6) is 1.56. The van der Waals surface area contributed by atoms with Crippen molar-refractivity contribution in [2.24, 2.45) is 0 Å². The summed E-state index contributed by atoms with van der Waals surface area (Å²) in [5, 5.41) is 8.10. The number of amides is 1. The van der Waals surface area contributed by atoms with Crippen LogP contribution in [-0.4, -0.2) is 44.2 Å². The molecule has 4 rings (SSSR count). The molecule has 1 aliphatic heterocycles. The van der Waals surface area contributed by atoms with E-state index in [2.05, 4.69) is 27.2 Å². The van der Waals surface area contributed by atoms with Crippen molar-refractivity contribution in [3.63, 3.8) is 0 Å². The Morgan fingerprint density at radius 3 is 2.67 bits per heavy atom. The fraction of sp³-hybridized carbons (Fsp3) is 0.421. The second-order valence-corrected chi connectivity index (χ2v) is 7.25. The van der Waals surface area contributed by atoms with Crippen LogP contribution in [-0.2, 0) is 5.41 Å². The quantitative estimate of drug-likeness (QED) is 0.702. The minimum absolute atomic E-state index is 0.0602. The van der Waals surface area contributed by atoms with E-state index in [1.165, 1.54) is 0 Å². The van der Waals surface area contributed by atoms with Crippen LogP contribution in [0, 0.1) is 13.8 Å². The Bertz CT molecular complexity index is 945. The summed E-state index contributed by atoms with van der Waals surface area (Å²) in [7, 11) is 0. The van der Waals surface area contributed by atoms with Crippen molar-refractivity contribution < 1.29 is 13.8 Å².